The monoisotopic (exact) mass is 342 g/mol. The van der Waals surface area contributed by atoms with Crippen LogP contribution in [0.2, 0.25) is 5.02 Å². The number of halogens is 1. The lowest BCUT2D eigenvalue weighted by molar-refractivity contribution is 0.111. The number of rotatable bonds is 3. The number of sulfonamides is 1. The van der Waals surface area contributed by atoms with Gasteiger partial charge in [0, 0.05) is 32.2 Å². The van der Waals surface area contributed by atoms with Crippen molar-refractivity contribution in [2.75, 3.05) is 26.2 Å². The fourth-order valence-electron chi connectivity index (χ4n) is 3.55. The summed E-state index contributed by atoms with van der Waals surface area (Å²) >= 11 is 6.06. The van der Waals surface area contributed by atoms with Crippen molar-refractivity contribution in [3.8, 4) is 0 Å². The molecule has 1 saturated heterocycles. The summed E-state index contributed by atoms with van der Waals surface area (Å²) in [6, 6.07) is 7.34. The third kappa shape index (κ3) is 3.32. The third-order valence-corrected chi connectivity index (χ3v) is 7.22. The van der Waals surface area contributed by atoms with Crippen LogP contribution in [0.4, 0.5) is 0 Å². The topological polar surface area (TPSA) is 40.6 Å². The molecule has 6 heteroatoms. The van der Waals surface area contributed by atoms with Crippen molar-refractivity contribution in [1.29, 1.82) is 0 Å². The first-order valence-electron chi connectivity index (χ1n) is 8.08. The molecule has 1 saturated carbocycles. The van der Waals surface area contributed by atoms with Crippen LogP contribution in [0, 0.1) is 0 Å². The van der Waals surface area contributed by atoms with Gasteiger partial charge in [0.15, 0.2) is 0 Å². The third-order valence-electron chi connectivity index (χ3n) is 4.82. The lowest BCUT2D eigenvalue weighted by atomic mass is 9.94. The van der Waals surface area contributed by atoms with E-state index in [9.17, 15) is 8.42 Å². The Hall–Kier alpha value is -0.620. The van der Waals surface area contributed by atoms with Crippen molar-refractivity contribution >= 4 is 21.6 Å². The van der Waals surface area contributed by atoms with Crippen LogP contribution in [-0.4, -0.2) is 49.8 Å². The van der Waals surface area contributed by atoms with Crippen molar-refractivity contribution in [1.82, 2.24) is 9.21 Å². The van der Waals surface area contributed by atoms with E-state index in [1.54, 1.807) is 28.6 Å². The fourth-order valence-corrected chi connectivity index (χ4v) is 5.46. The predicted octanol–water partition coefficient (Wildman–Crippen LogP) is 2.98. The van der Waals surface area contributed by atoms with Gasteiger partial charge < -0.3 is 0 Å². The average Bonchev–Trinajstić information content (AvgIpc) is 2.56. The lowest BCUT2D eigenvalue weighted by Gasteiger charge is -2.40. The maximum atomic E-state index is 12.7. The number of piperazine rings is 1. The van der Waals surface area contributed by atoms with Crippen LogP contribution in [0.3, 0.4) is 0 Å². The molecule has 0 atom stereocenters. The molecule has 122 valence electrons. The Morgan fingerprint density at radius 3 is 2.23 bits per heavy atom. The Kier molecular flexibility index (Phi) is 5.07. The van der Waals surface area contributed by atoms with Gasteiger partial charge in [-0.2, -0.15) is 4.31 Å². The van der Waals surface area contributed by atoms with Crippen LogP contribution < -0.4 is 0 Å². The molecule has 2 fully saturated rings. The molecular formula is C16H23ClN2O2S. The van der Waals surface area contributed by atoms with Gasteiger partial charge in [-0.1, -0.05) is 43.0 Å². The summed E-state index contributed by atoms with van der Waals surface area (Å²) < 4.78 is 27.0. The molecule has 2 aliphatic rings. The van der Waals surface area contributed by atoms with E-state index in [0.717, 1.165) is 13.1 Å². The minimum Gasteiger partial charge on any atom is -0.298 e. The zero-order valence-corrected chi connectivity index (χ0v) is 14.3. The zero-order valence-electron chi connectivity index (χ0n) is 12.7. The Morgan fingerprint density at radius 1 is 0.955 bits per heavy atom. The van der Waals surface area contributed by atoms with Crippen molar-refractivity contribution < 1.29 is 8.42 Å². The van der Waals surface area contributed by atoms with E-state index in [2.05, 4.69) is 4.90 Å². The molecule has 1 aromatic rings. The molecule has 1 aliphatic heterocycles. The predicted molar refractivity (Wildman–Crippen MR) is 88.7 cm³/mol. The minimum atomic E-state index is -3.47. The molecule has 1 heterocycles. The summed E-state index contributed by atoms with van der Waals surface area (Å²) in [5.74, 6) is 0. The fraction of sp³-hybridized carbons (Fsp3) is 0.625. The molecule has 0 spiro atoms. The minimum absolute atomic E-state index is 0.225. The maximum Gasteiger partial charge on any atom is 0.244 e. The molecule has 4 nitrogen and oxygen atoms in total. The molecule has 0 amide bonds. The number of nitrogens with zero attached hydrogens (tertiary/aromatic N) is 2. The first-order chi connectivity index (χ1) is 10.6. The molecule has 3 rings (SSSR count). The Labute approximate surface area is 138 Å². The van der Waals surface area contributed by atoms with E-state index in [1.165, 1.54) is 32.1 Å². The number of hydrogen-bond acceptors (Lipinski definition) is 3. The van der Waals surface area contributed by atoms with E-state index in [4.69, 9.17) is 11.6 Å². The SMILES string of the molecule is O=S(=O)(c1ccccc1Cl)N1CCN(C2CCCCC2)CC1. The van der Waals surface area contributed by atoms with Crippen molar-refractivity contribution in [3.63, 3.8) is 0 Å². The molecule has 0 bridgehead atoms. The Bertz CT molecular complexity index is 606. The highest BCUT2D eigenvalue weighted by molar-refractivity contribution is 7.89. The molecule has 0 unspecified atom stereocenters. The van der Waals surface area contributed by atoms with Gasteiger partial charge in [-0.3, -0.25) is 4.90 Å². The van der Waals surface area contributed by atoms with E-state index >= 15 is 0 Å². The van der Waals surface area contributed by atoms with Crippen LogP contribution in [0.15, 0.2) is 29.2 Å². The molecule has 0 radical (unpaired) electrons. The smallest absolute Gasteiger partial charge is 0.244 e. The summed E-state index contributed by atoms with van der Waals surface area (Å²) in [7, 11) is -3.47. The summed E-state index contributed by atoms with van der Waals surface area (Å²) in [6.45, 7) is 2.77. The molecule has 0 N–H and O–H groups in total. The molecule has 1 aliphatic carbocycles. The van der Waals surface area contributed by atoms with Gasteiger partial charge in [0.25, 0.3) is 0 Å². The van der Waals surface area contributed by atoms with E-state index in [-0.39, 0.29) is 4.90 Å². The van der Waals surface area contributed by atoms with E-state index < -0.39 is 10.0 Å². The second kappa shape index (κ2) is 6.87. The van der Waals surface area contributed by atoms with Crippen LogP contribution in [0.5, 0.6) is 0 Å². The maximum absolute atomic E-state index is 12.7. The van der Waals surface area contributed by atoms with Gasteiger partial charge >= 0.3 is 0 Å². The van der Waals surface area contributed by atoms with E-state index in [0.29, 0.717) is 24.2 Å². The summed E-state index contributed by atoms with van der Waals surface area (Å²) in [6.07, 6.45) is 6.48. The summed E-state index contributed by atoms with van der Waals surface area (Å²) in [5, 5.41) is 0.303. The molecular weight excluding hydrogens is 320 g/mol. The lowest BCUT2D eigenvalue weighted by Crippen LogP contribution is -2.52. The molecule has 1 aromatic carbocycles. The van der Waals surface area contributed by atoms with Crippen LogP contribution in [-0.2, 0) is 10.0 Å². The van der Waals surface area contributed by atoms with E-state index in [1.807, 2.05) is 0 Å². The summed E-state index contributed by atoms with van der Waals surface area (Å²) in [4.78, 5) is 2.69. The highest BCUT2D eigenvalue weighted by Crippen LogP contribution is 2.27. The van der Waals surface area contributed by atoms with Crippen LogP contribution in [0.25, 0.3) is 0 Å². The normalized spacial score (nSPS) is 22.8. The first kappa shape index (κ1) is 16.2. The standard InChI is InChI=1S/C16H23ClN2O2S/c17-15-8-4-5-9-16(15)22(20,21)19-12-10-18(11-13-19)14-6-2-1-3-7-14/h4-5,8-9,14H,1-3,6-7,10-13H2. The van der Waals surface area contributed by atoms with Crippen molar-refractivity contribution in [2.45, 2.75) is 43.0 Å². The van der Waals surface area contributed by atoms with Crippen LogP contribution in [0.1, 0.15) is 32.1 Å². The largest absolute Gasteiger partial charge is 0.298 e. The van der Waals surface area contributed by atoms with Crippen LogP contribution >= 0.6 is 11.6 Å². The van der Waals surface area contributed by atoms with Gasteiger partial charge in [-0.25, -0.2) is 8.42 Å². The van der Waals surface area contributed by atoms with Gasteiger partial charge in [0.1, 0.15) is 4.90 Å². The number of benzene rings is 1. The van der Waals surface area contributed by atoms with Crippen molar-refractivity contribution in [2.24, 2.45) is 0 Å². The average molecular weight is 343 g/mol. The molecule has 22 heavy (non-hydrogen) atoms. The molecule has 0 aromatic heterocycles. The Balaban J connectivity index is 1.67. The number of hydrogen-bond donors (Lipinski definition) is 0. The second-order valence-corrected chi connectivity index (χ2v) is 8.48. The van der Waals surface area contributed by atoms with Gasteiger partial charge in [-0.05, 0) is 25.0 Å². The Morgan fingerprint density at radius 2 is 1.59 bits per heavy atom. The van der Waals surface area contributed by atoms with Gasteiger partial charge in [0.05, 0.1) is 5.02 Å². The van der Waals surface area contributed by atoms with Crippen molar-refractivity contribution in [3.05, 3.63) is 29.3 Å². The highest BCUT2D eigenvalue weighted by Gasteiger charge is 2.32. The van der Waals surface area contributed by atoms with Gasteiger partial charge in [0.2, 0.25) is 10.0 Å². The van der Waals surface area contributed by atoms with Gasteiger partial charge in [-0.15, -0.1) is 0 Å². The highest BCUT2D eigenvalue weighted by atomic mass is 35.5. The second-order valence-electron chi connectivity index (χ2n) is 6.16. The zero-order chi connectivity index (χ0) is 15.6. The quantitative estimate of drug-likeness (QED) is 0.848. The first-order valence-corrected chi connectivity index (χ1v) is 9.89. The summed E-state index contributed by atoms with van der Waals surface area (Å²) in [5.41, 5.74) is 0.